The second kappa shape index (κ2) is 9.54. The normalized spacial score (nSPS) is 16.7. The van der Waals surface area contributed by atoms with Crippen LogP contribution >= 0.6 is 11.6 Å². The summed E-state index contributed by atoms with van der Waals surface area (Å²) >= 11 is 6.29. The molecule has 1 atom stereocenters. The molecule has 1 spiro atoms. The third kappa shape index (κ3) is 4.27. The Kier molecular flexibility index (Phi) is 6.46. The van der Waals surface area contributed by atoms with Gasteiger partial charge in [0.25, 0.3) is 0 Å². The second-order valence-electron chi connectivity index (χ2n) is 8.75. The molecule has 35 heavy (non-hydrogen) atoms. The zero-order valence-electron chi connectivity index (χ0n) is 19.3. The molecule has 1 saturated heterocycles. The van der Waals surface area contributed by atoms with E-state index in [0.29, 0.717) is 27.6 Å². The SMILES string of the molecule is COc1cc(C(=O)c2ccn3c2C2(CCNCC2)Oc2ccc(Cl)cc2-3)ccc1OC[C@@H](O)CO. The highest BCUT2D eigenvalue weighted by Crippen LogP contribution is 2.46. The number of hydrogen-bond donors (Lipinski definition) is 3. The number of aliphatic hydroxyl groups is 2. The Balaban J connectivity index is 1.55. The van der Waals surface area contributed by atoms with Crippen LogP contribution in [0.5, 0.6) is 17.2 Å². The number of ketones is 1. The lowest BCUT2D eigenvalue weighted by Crippen LogP contribution is -2.47. The third-order valence-electron chi connectivity index (χ3n) is 6.53. The van der Waals surface area contributed by atoms with E-state index in [2.05, 4.69) is 5.32 Å². The van der Waals surface area contributed by atoms with Crippen molar-refractivity contribution in [1.82, 2.24) is 9.88 Å². The first-order valence-corrected chi connectivity index (χ1v) is 11.9. The number of nitrogens with zero attached hydrogens (tertiary/aromatic N) is 1. The highest BCUT2D eigenvalue weighted by molar-refractivity contribution is 6.30. The molecule has 0 radical (unpaired) electrons. The van der Waals surface area contributed by atoms with Crippen molar-refractivity contribution < 1.29 is 29.2 Å². The summed E-state index contributed by atoms with van der Waals surface area (Å²) in [7, 11) is 1.48. The number of carbonyl (C=O) groups is 1. The molecular formula is C26H27ClN2O6. The Bertz CT molecular complexity index is 1250. The van der Waals surface area contributed by atoms with Crippen molar-refractivity contribution in [1.29, 1.82) is 0 Å². The largest absolute Gasteiger partial charge is 0.493 e. The number of aromatic nitrogens is 1. The van der Waals surface area contributed by atoms with Gasteiger partial charge in [0.2, 0.25) is 0 Å². The van der Waals surface area contributed by atoms with Crippen molar-refractivity contribution in [3.63, 3.8) is 0 Å². The van der Waals surface area contributed by atoms with Crippen molar-refractivity contribution in [2.24, 2.45) is 0 Å². The van der Waals surface area contributed by atoms with E-state index < -0.39 is 18.3 Å². The van der Waals surface area contributed by atoms with Gasteiger partial charge in [-0.2, -0.15) is 0 Å². The number of aliphatic hydroxyl groups excluding tert-OH is 2. The average Bonchev–Trinajstić information content (AvgIpc) is 3.34. The first-order chi connectivity index (χ1) is 17.0. The summed E-state index contributed by atoms with van der Waals surface area (Å²) in [5.74, 6) is 1.31. The van der Waals surface area contributed by atoms with Crippen LogP contribution in [-0.4, -0.2) is 60.1 Å². The minimum Gasteiger partial charge on any atom is -0.493 e. The van der Waals surface area contributed by atoms with Gasteiger partial charge in [-0.15, -0.1) is 0 Å². The average molecular weight is 499 g/mol. The first kappa shape index (κ1) is 23.7. The molecule has 1 aromatic heterocycles. The molecule has 2 aliphatic heterocycles. The molecule has 5 rings (SSSR count). The van der Waals surface area contributed by atoms with Gasteiger partial charge in [0.15, 0.2) is 22.9 Å². The lowest BCUT2D eigenvalue weighted by Gasteiger charge is -2.43. The molecule has 3 heterocycles. The summed E-state index contributed by atoms with van der Waals surface area (Å²) in [5, 5.41) is 22.6. The first-order valence-electron chi connectivity index (χ1n) is 11.5. The fourth-order valence-corrected chi connectivity index (χ4v) is 4.96. The number of ether oxygens (including phenoxy) is 3. The van der Waals surface area contributed by atoms with Crippen LogP contribution in [0.3, 0.4) is 0 Å². The zero-order valence-corrected chi connectivity index (χ0v) is 20.0. The van der Waals surface area contributed by atoms with Crippen LogP contribution in [0.1, 0.15) is 34.5 Å². The van der Waals surface area contributed by atoms with Crippen molar-refractivity contribution in [3.05, 3.63) is 70.5 Å². The fraction of sp³-hybridized carbons (Fsp3) is 0.346. The number of rotatable bonds is 7. The number of carbonyl (C=O) groups excluding carboxylic acids is 1. The summed E-state index contributed by atoms with van der Waals surface area (Å²) in [6, 6.07) is 12.3. The predicted molar refractivity (Wildman–Crippen MR) is 130 cm³/mol. The summed E-state index contributed by atoms with van der Waals surface area (Å²) in [4.78, 5) is 13.8. The molecule has 8 nitrogen and oxygen atoms in total. The topological polar surface area (TPSA) is 102 Å². The minimum absolute atomic E-state index is 0.0942. The van der Waals surface area contributed by atoms with Gasteiger partial charge in [-0.05, 0) is 55.6 Å². The second-order valence-corrected chi connectivity index (χ2v) is 9.19. The number of halogens is 1. The molecular weight excluding hydrogens is 472 g/mol. The molecule has 0 bridgehead atoms. The highest BCUT2D eigenvalue weighted by atomic mass is 35.5. The van der Waals surface area contributed by atoms with Crippen LogP contribution in [-0.2, 0) is 5.60 Å². The van der Waals surface area contributed by atoms with Crippen LogP contribution in [0.2, 0.25) is 5.02 Å². The van der Waals surface area contributed by atoms with E-state index in [9.17, 15) is 9.90 Å². The standard InChI is InChI=1S/C26H27ClN2O6/c1-33-23-12-16(2-4-22(23)34-15-18(31)14-30)24(32)19-6-11-29-20-13-17(27)3-5-21(20)35-26(25(19)29)7-9-28-10-8-26/h2-6,11-13,18,28,30-31H,7-10,14-15H2,1H3/t18-/m0/s1. The Morgan fingerprint density at radius 2 is 2.00 bits per heavy atom. The Morgan fingerprint density at radius 3 is 2.74 bits per heavy atom. The maximum Gasteiger partial charge on any atom is 0.195 e. The lowest BCUT2D eigenvalue weighted by molar-refractivity contribution is 0.0194. The molecule has 0 amide bonds. The highest BCUT2D eigenvalue weighted by Gasteiger charge is 2.45. The van der Waals surface area contributed by atoms with E-state index in [1.807, 2.05) is 35.0 Å². The maximum atomic E-state index is 13.8. The summed E-state index contributed by atoms with van der Waals surface area (Å²) in [6.07, 6.45) is 2.34. The van der Waals surface area contributed by atoms with E-state index in [-0.39, 0.29) is 12.4 Å². The Labute approximate surface area is 208 Å². The summed E-state index contributed by atoms with van der Waals surface area (Å²) in [6.45, 7) is 1.05. The lowest BCUT2D eigenvalue weighted by atomic mass is 9.84. The van der Waals surface area contributed by atoms with Crippen LogP contribution in [0, 0.1) is 0 Å². The van der Waals surface area contributed by atoms with Gasteiger partial charge in [-0.3, -0.25) is 4.79 Å². The summed E-state index contributed by atoms with van der Waals surface area (Å²) in [5.41, 5.74) is 1.99. The zero-order chi connectivity index (χ0) is 24.6. The van der Waals surface area contributed by atoms with Crippen LogP contribution in [0.15, 0.2) is 48.7 Å². The van der Waals surface area contributed by atoms with Gasteiger partial charge in [-0.25, -0.2) is 0 Å². The number of piperidine rings is 1. The van der Waals surface area contributed by atoms with Crippen LogP contribution in [0.4, 0.5) is 0 Å². The van der Waals surface area contributed by atoms with E-state index in [0.717, 1.165) is 43.1 Å². The number of hydrogen-bond acceptors (Lipinski definition) is 7. The van der Waals surface area contributed by atoms with Crippen molar-refractivity contribution in [3.8, 4) is 22.9 Å². The molecule has 3 aromatic rings. The Morgan fingerprint density at radius 1 is 1.20 bits per heavy atom. The predicted octanol–water partition coefficient (Wildman–Crippen LogP) is 3.07. The fourth-order valence-electron chi connectivity index (χ4n) is 4.80. The minimum atomic E-state index is -1.01. The number of methoxy groups -OCH3 is 1. The summed E-state index contributed by atoms with van der Waals surface area (Å²) < 4.78 is 19.6. The smallest absolute Gasteiger partial charge is 0.195 e. The van der Waals surface area contributed by atoms with Crippen molar-refractivity contribution in [2.75, 3.05) is 33.4 Å². The molecule has 9 heteroatoms. The maximum absolute atomic E-state index is 13.8. The van der Waals surface area contributed by atoms with E-state index in [1.54, 1.807) is 18.2 Å². The van der Waals surface area contributed by atoms with Gasteiger partial charge >= 0.3 is 0 Å². The van der Waals surface area contributed by atoms with Gasteiger partial charge in [-0.1, -0.05) is 11.6 Å². The molecule has 2 aromatic carbocycles. The number of benzene rings is 2. The van der Waals surface area contributed by atoms with E-state index in [4.69, 9.17) is 30.9 Å². The van der Waals surface area contributed by atoms with Crippen LogP contribution in [0.25, 0.3) is 5.69 Å². The van der Waals surface area contributed by atoms with E-state index in [1.165, 1.54) is 7.11 Å². The van der Waals surface area contributed by atoms with Gasteiger partial charge in [0.1, 0.15) is 18.5 Å². The van der Waals surface area contributed by atoms with Crippen molar-refractivity contribution >= 4 is 17.4 Å². The van der Waals surface area contributed by atoms with E-state index >= 15 is 0 Å². The van der Waals surface area contributed by atoms with Crippen LogP contribution < -0.4 is 19.5 Å². The molecule has 184 valence electrons. The molecule has 0 saturated carbocycles. The van der Waals surface area contributed by atoms with Gasteiger partial charge < -0.3 is 34.3 Å². The molecule has 2 aliphatic rings. The third-order valence-corrected chi connectivity index (χ3v) is 6.76. The quantitative estimate of drug-likeness (QED) is 0.430. The van der Waals surface area contributed by atoms with Gasteiger partial charge in [0.05, 0.1) is 25.1 Å². The molecule has 3 N–H and O–H groups in total. The van der Waals surface area contributed by atoms with Crippen molar-refractivity contribution in [2.45, 2.75) is 24.5 Å². The monoisotopic (exact) mass is 498 g/mol. The Hall–Kier alpha value is -3.04. The molecule has 0 unspecified atom stereocenters. The van der Waals surface area contributed by atoms with Gasteiger partial charge in [0, 0.05) is 35.2 Å². The number of nitrogens with one attached hydrogen (secondary N) is 1. The molecule has 1 fully saturated rings. The molecule has 0 aliphatic carbocycles. The number of fused-ring (bicyclic) bond motifs is 4.